The van der Waals surface area contributed by atoms with Gasteiger partial charge >= 0.3 is 23.8 Å². The summed E-state index contributed by atoms with van der Waals surface area (Å²) in [5.41, 5.74) is -6.75. The molecule has 1 fully saturated rings. The highest BCUT2D eigenvalue weighted by molar-refractivity contribution is 6.32. The van der Waals surface area contributed by atoms with Crippen molar-refractivity contribution in [1.29, 1.82) is 0 Å². The molecule has 36 heavy (non-hydrogen) atoms. The normalized spacial score (nSPS) is 15.2. The molecule has 0 spiro atoms. The Balaban J connectivity index is 1.98. The van der Waals surface area contributed by atoms with Crippen LogP contribution in [0.15, 0.2) is 27.8 Å². The highest BCUT2D eigenvalue weighted by Crippen LogP contribution is 2.44. The molecule has 0 radical (unpaired) electrons. The lowest BCUT2D eigenvalue weighted by molar-refractivity contribution is -0.173. The maximum absolute atomic E-state index is 14.7. The van der Waals surface area contributed by atoms with Gasteiger partial charge in [0.05, 0.1) is 17.3 Å². The Morgan fingerprint density at radius 1 is 1.17 bits per heavy atom. The molecular weight excluding hydrogens is 516 g/mol. The van der Waals surface area contributed by atoms with E-state index in [0.29, 0.717) is 6.07 Å². The molecule has 1 aromatic carbocycles. The maximum Gasteiger partial charge on any atom is 0.431 e. The van der Waals surface area contributed by atoms with Gasteiger partial charge in [0.15, 0.2) is 6.10 Å². The third-order valence-corrected chi connectivity index (χ3v) is 5.70. The minimum Gasteiger partial charge on any atom is -0.474 e. The molecule has 0 bridgehead atoms. The van der Waals surface area contributed by atoms with Crippen LogP contribution in [0.2, 0.25) is 5.02 Å². The van der Waals surface area contributed by atoms with Crippen LogP contribution >= 0.6 is 11.6 Å². The Bertz CT molecular complexity index is 1320. The molecule has 0 aliphatic heterocycles. The van der Waals surface area contributed by atoms with Crippen LogP contribution in [0.5, 0.6) is 5.75 Å². The van der Waals surface area contributed by atoms with Crippen molar-refractivity contribution in [3.05, 3.63) is 55.6 Å². The van der Waals surface area contributed by atoms with Gasteiger partial charge in [-0.25, -0.2) is 23.3 Å². The third kappa shape index (κ3) is 5.25. The summed E-state index contributed by atoms with van der Waals surface area (Å²) in [5, 5.41) is -0.343. The molecule has 0 saturated heterocycles. The molecule has 14 heteroatoms. The summed E-state index contributed by atoms with van der Waals surface area (Å²) in [6, 6.07) is 1.66. The van der Waals surface area contributed by atoms with E-state index >= 15 is 0 Å². The lowest BCUT2D eigenvalue weighted by Gasteiger charge is -2.22. The van der Waals surface area contributed by atoms with Crippen molar-refractivity contribution in [2.75, 3.05) is 6.61 Å². The zero-order valence-electron chi connectivity index (χ0n) is 19.3. The lowest BCUT2D eigenvalue weighted by Crippen LogP contribution is -2.41. The standard InChI is InChI=1S/C22H21ClF4N2O7/c1-4-14(18(31)34-5-2)35-19(32)21(6-7-21)36-15-9-13(12(24)8-11(15)23)29-17(30)10-16(22(25,26)27)28(3)20(29)33/h8-10,14H,4-7H2,1-3H3. The quantitative estimate of drug-likeness (QED) is 0.377. The van der Waals surface area contributed by atoms with Crippen molar-refractivity contribution in [1.82, 2.24) is 9.13 Å². The van der Waals surface area contributed by atoms with E-state index in [1.54, 1.807) is 13.8 Å². The van der Waals surface area contributed by atoms with Gasteiger partial charge in [-0.05, 0) is 19.4 Å². The number of halogens is 5. The first kappa shape index (κ1) is 27.2. The Labute approximate surface area is 206 Å². The monoisotopic (exact) mass is 536 g/mol. The summed E-state index contributed by atoms with van der Waals surface area (Å²) in [6.07, 6.45) is -5.77. The van der Waals surface area contributed by atoms with Gasteiger partial charge in [0.25, 0.3) is 5.56 Å². The number of aromatic nitrogens is 2. The average Bonchev–Trinajstić information content (AvgIpc) is 3.57. The fraction of sp³-hybridized carbons (Fsp3) is 0.455. The fourth-order valence-electron chi connectivity index (χ4n) is 3.33. The van der Waals surface area contributed by atoms with Crippen molar-refractivity contribution in [3.63, 3.8) is 0 Å². The number of ether oxygens (including phenoxy) is 3. The number of alkyl halides is 3. The average molecular weight is 537 g/mol. The molecule has 196 valence electrons. The third-order valence-electron chi connectivity index (χ3n) is 5.40. The molecule has 1 aliphatic carbocycles. The van der Waals surface area contributed by atoms with Crippen LogP contribution in [-0.4, -0.2) is 39.4 Å². The summed E-state index contributed by atoms with van der Waals surface area (Å²) < 4.78 is 70.2. The van der Waals surface area contributed by atoms with E-state index in [0.717, 1.165) is 13.1 Å². The summed E-state index contributed by atoms with van der Waals surface area (Å²) in [5.74, 6) is -3.19. The number of hydrogen-bond acceptors (Lipinski definition) is 7. The van der Waals surface area contributed by atoms with Crippen molar-refractivity contribution >= 4 is 23.5 Å². The fourth-order valence-corrected chi connectivity index (χ4v) is 3.52. The van der Waals surface area contributed by atoms with Gasteiger partial charge in [-0.1, -0.05) is 18.5 Å². The maximum atomic E-state index is 14.7. The topological polar surface area (TPSA) is 106 Å². The van der Waals surface area contributed by atoms with Gasteiger partial charge in [0.1, 0.15) is 17.3 Å². The number of rotatable bonds is 8. The summed E-state index contributed by atoms with van der Waals surface area (Å²) >= 11 is 6.04. The van der Waals surface area contributed by atoms with Crippen LogP contribution in [-0.2, 0) is 32.3 Å². The Kier molecular flexibility index (Phi) is 7.53. The molecule has 9 nitrogen and oxygen atoms in total. The Hall–Kier alpha value is -3.35. The Morgan fingerprint density at radius 2 is 1.81 bits per heavy atom. The summed E-state index contributed by atoms with van der Waals surface area (Å²) in [6.45, 7) is 3.26. The van der Waals surface area contributed by atoms with E-state index in [4.69, 9.17) is 25.8 Å². The second-order valence-corrected chi connectivity index (χ2v) is 8.33. The van der Waals surface area contributed by atoms with Crippen molar-refractivity contribution in [3.8, 4) is 11.4 Å². The van der Waals surface area contributed by atoms with Gasteiger partial charge in [-0.15, -0.1) is 0 Å². The van der Waals surface area contributed by atoms with Gasteiger partial charge in [0.2, 0.25) is 5.60 Å². The van der Waals surface area contributed by atoms with Crippen molar-refractivity contribution in [2.45, 2.75) is 51.0 Å². The predicted molar refractivity (Wildman–Crippen MR) is 117 cm³/mol. The molecule has 1 unspecified atom stereocenters. The molecular formula is C22H21ClF4N2O7. The SMILES string of the molecule is CCOC(=O)C(CC)OC(=O)C1(Oc2cc(-n3c(=O)cc(C(F)(F)F)n(C)c3=O)c(F)cc2Cl)CC1. The van der Waals surface area contributed by atoms with Crippen LogP contribution in [0.4, 0.5) is 17.6 Å². The first-order chi connectivity index (χ1) is 16.8. The van der Waals surface area contributed by atoms with Crippen LogP contribution in [0.25, 0.3) is 5.69 Å². The first-order valence-corrected chi connectivity index (χ1v) is 11.1. The molecule has 1 aliphatic rings. The van der Waals surface area contributed by atoms with Gasteiger partial charge < -0.3 is 14.2 Å². The molecule has 0 N–H and O–H groups in total. The molecule has 1 saturated carbocycles. The number of carbonyl (C=O) groups is 2. The minimum atomic E-state index is -5.00. The van der Waals surface area contributed by atoms with Gasteiger partial charge in [-0.2, -0.15) is 13.2 Å². The van der Waals surface area contributed by atoms with Crippen LogP contribution in [0, 0.1) is 5.82 Å². The van der Waals surface area contributed by atoms with E-state index in [1.807, 2.05) is 0 Å². The van der Waals surface area contributed by atoms with E-state index in [9.17, 15) is 36.7 Å². The highest BCUT2D eigenvalue weighted by atomic mass is 35.5. The second kappa shape index (κ2) is 9.96. The van der Waals surface area contributed by atoms with Gasteiger partial charge in [0, 0.05) is 32.0 Å². The molecule has 1 heterocycles. The highest BCUT2D eigenvalue weighted by Gasteiger charge is 2.56. The first-order valence-electron chi connectivity index (χ1n) is 10.7. The minimum absolute atomic E-state index is 0.0747. The van der Waals surface area contributed by atoms with E-state index in [2.05, 4.69) is 0 Å². The van der Waals surface area contributed by atoms with E-state index < -0.39 is 58.3 Å². The number of hydrogen-bond donors (Lipinski definition) is 0. The zero-order valence-corrected chi connectivity index (χ0v) is 20.0. The summed E-state index contributed by atoms with van der Waals surface area (Å²) in [4.78, 5) is 49.6. The number of esters is 2. The predicted octanol–water partition coefficient (Wildman–Crippen LogP) is 3.14. The van der Waals surface area contributed by atoms with Crippen LogP contribution in [0.3, 0.4) is 0 Å². The lowest BCUT2D eigenvalue weighted by atomic mass is 10.2. The molecule has 1 aromatic heterocycles. The molecule has 3 rings (SSSR count). The summed E-state index contributed by atoms with van der Waals surface area (Å²) in [7, 11) is 0.773. The number of benzene rings is 1. The molecule has 2 aromatic rings. The zero-order chi connectivity index (χ0) is 27.0. The van der Waals surface area contributed by atoms with Crippen LogP contribution in [0.1, 0.15) is 38.8 Å². The Morgan fingerprint density at radius 3 is 2.33 bits per heavy atom. The van der Waals surface area contributed by atoms with E-state index in [-0.39, 0.29) is 51.8 Å². The van der Waals surface area contributed by atoms with Crippen molar-refractivity contribution in [2.24, 2.45) is 7.05 Å². The molecule has 0 amide bonds. The second-order valence-electron chi connectivity index (χ2n) is 7.93. The van der Waals surface area contributed by atoms with Crippen LogP contribution < -0.4 is 16.0 Å². The van der Waals surface area contributed by atoms with Gasteiger partial charge in [-0.3, -0.25) is 9.36 Å². The van der Waals surface area contributed by atoms with E-state index in [1.165, 1.54) is 0 Å². The number of carbonyl (C=O) groups excluding carboxylic acids is 2. The smallest absolute Gasteiger partial charge is 0.431 e. The number of nitrogens with zero attached hydrogens (tertiary/aromatic N) is 2. The largest absolute Gasteiger partial charge is 0.474 e. The van der Waals surface area contributed by atoms with Crippen molar-refractivity contribution < 1.29 is 41.4 Å². The molecule has 1 atom stereocenters.